The Hall–Kier alpha value is -1.55. The molecule has 0 aromatic heterocycles. The van der Waals surface area contributed by atoms with Gasteiger partial charge in [0.1, 0.15) is 0 Å². The smallest absolute Gasteiger partial charge is 0.306 e. The van der Waals surface area contributed by atoms with Gasteiger partial charge in [0.05, 0.1) is 12.5 Å². The van der Waals surface area contributed by atoms with E-state index in [1.54, 1.807) is 0 Å². The molecule has 0 aliphatic heterocycles. The van der Waals surface area contributed by atoms with Gasteiger partial charge in [-0.05, 0) is 24.1 Å². The number of aliphatic hydroxyl groups excluding tert-OH is 1. The zero-order valence-corrected chi connectivity index (χ0v) is 9.31. The largest absolute Gasteiger partial charge is 0.481 e. The summed E-state index contributed by atoms with van der Waals surface area (Å²) in [5, 5.41) is 20.9. The highest BCUT2D eigenvalue weighted by atomic mass is 16.4. The topological polar surface area (TPSA) is 69.6 Å². The molecule has 3 N–H and O–H groups in total. The first-order valence-electron chi connectivity index (χ1n) is 5.34. The molecule has 0 radical (unpaired) electrons. The molecule has 0 aliphatic rings. The zero-order valence-electron chi connectivity index (χ0n) is 9.31. The molecular formula is C12H17NO3. The molecule has 0 saturated heterocycles. The predicted octanol–water partition coefficient (Wildman–Crippen LogP) is 1.50. The van der Waals surface area contributed by atoms with Gasteiger partial charge in [-0.15, -0.1) is 0 Å². The van der Waals surface area contributed by atoms with E-state index < -0.39 is 12.1 Å². The van der Waals surface area contributed by atoms with Gasteiger partial charge >= 0.3 is 5.97 Å². The summed E-state index contributed by atoms with van der Waals surface area (Å²) in [7, 11) is 0. The van der Waals surface area contributed by atoms with E-state index in [4.69, 9.17) is 5.11 Å². The van der Waals surface area contributed by atoms with Gasteiger partial charge < -0.3 is 15.5 Å². The van der Waals surface area contributed by atoms with Crippen LogP contribution in [0.4, 0.5) is 5.69 Å². The standard InChI is InChI=1S/C12H17NO3/c1-2-9-4-3-5-10(6-9)13-8-11(14)7-12(15)16/h3-6,11,13-14H,2,7-8H2,1H3,(H,15,16). The quantitative estimate of drug-likeness (QED) is 0.683. The number of aliphatic hydroxyl groups is 1. The number of hydrogen-bond donors (Lipinski definition) is 3. The highest BCUT2D eigenvalue weighted by Gasteiger charge is 2.08. The maximum absolute atomic E-state index is 10.3. The van der Waals surface area contributed by atoms with E-state index in [2.05, 4.69) is 12.2 Å². The molecule has 0 amide bonds. The highest BCUT2D eigenvalue weighted by Crippen LogP contribution is 2.11. The van der Waals surface area contributed by atoms with Crippen LogP contribution in [0.2, 0.25) is 0 Å². The van der Waals surface area contributed by atoms with Crippen molar-refractivity contribution in [1.82, 2.24) is 0 Å². The number of nitrogens with one attached hydrogen (secondary N) is 1. The fourth-order valence-electron chi connectivity index (χ4n) is 1.41. The van der Waals surface area contributed by atoms with Crippen LogP contribution in [-0.4, -0.2) is 28.8 Å². The van der Waals surface area contributed by atoms with Crippen LogP contribution in [0.3, 0.4) is 0 Å². The first-order chi connectivity index (χ1) is 7.61. The first kappa shape index (κ1) is 12.5. The number of carboxylic acids is 1. The van der Waals surface area contributed by atoms with Crippen molar-refractivity contribution in [3.8, 4) is 0 Å². The summed E-state index contributed by atoms with van der Waals surface area (Å²) in [6.45, 7) is 2.32. The number of aliphatic carboxylic acids is 1. The van der Waals surface area contributed by atoms with Crippen LogP contribution >= 0.6 is 0 Å². The summed E-state index contributed by atoms with van der Waals surface area (Å²) in [5.74, 6) is -0.989. The van der Waals surface area contributed by atoms with Gasteiger partial charge in [0.2, 0.25) is 0 Å². The molecular weight excluding hydrogens is 206 g/mol. The van der Waals surface area contributed by atoms with E-state index in [1.807, 2.05) is 24.3 Å². The number of aryl methyl sites for hydroxylation is 1. The molecule has 1 aromatic rings. The summed E-state index contributed by atoms with van der Waals surface area (Å²) in [5.41, 5.74) is 2.11. The fraction of sp³-hybridized carbons (Fsp3) is 0.417. The van der Waals surface area contributed by atoms with E-state index in [1.165, 1.54) is 5.56 Å². The van der Waals surface area contributed by atoms with Crippen molar-refractivity contribution in [3.05, 3.63) is 29.8 Å². The van der Waals surface area contributed by atoms with Gasteiger partial charge in [-0.3, -0.25) is 4.79 Å². The third kappa shape index (κ3) is 4.31. The minimum absolute atomic E-state index is 0.236. The Morgan fingerprint density at radius 3 is 2.88 bits per heavy atom. The maximum atomic E-state index is 10.3. The minimum Gasteiger partial charge on any atom is -0.481 e. The number of carboxylic acid groups (broad SMARTS) is 1. The van der Waals surface area contributed by atoms with Crippen molar-refractivity contribution in [1.29, 1.82) is 0 Å². The molecule has 0 bridgehead atoms. The van der Waals surface area contributed by atoms with Crippen LogP contribution < -0.4 is 5.32 Å². The second kappa shape index (κ2) is 6.12. The van der Waals surface area contributed by atoms with Crippen LogP contribution in [0, 0.1) is 0 Å². The van der Waals surface area contributed by atoms with Crippen molar-refractivity contribution in [2.24, 2.45) is 0 Å². The maximum Gasteiger partial charge on any atom is 0.306 e. The third-order valence-electron chi connectivity index (χ3n) is 2.29. The van der Waals surface area contributed by atoms with Gasteiger partial charge in [0, 0.05) is 12.2 Å². The van der Waals surface area contributed by atoms with Gasteiger partial charge in [-0.2, -0.15) is 0 Å². The summed E-state index contributed by atoms with van der Waals surface area (Å²) < 4.78 is 0. The number of benzene rings is 1. The molecule has 0 aliphatic carbocycles. The number of hydrogen-bond acceptors (Lipinski definition) is 3. The fourth-order valence-corrected chi connectivity index (χ4v) is 1.41. The summed E-state index contributed by atoms with van der Waals surface area (Å²) in [6, 6.07) is 7.85. The van der Waals surface area contributed by atoms with Crippen LogP contribution in [-0.2, 0) is 11.2 Å². The van der Waals surface area contributed by atoms with Crippen molar-refractivity contribution >= 4 is 11.7 Å². The predicted molar refractivity (Wildman–Crippen MR) is 62.6 cm³/mol. The lowest BCUT2D eigenvalue weighted by atomic mass is 10.1. The Morgan fingerprint density at radius 1 is 1.50 bits per heavy atom. The normalized spacial score (nSPS) is 12.1. The molecule has 1 unspecified atom stereocenters. The number of carbonyl (C=O) groups is 1. The second-order valence-corrected chi connectivity index (χ2v) is 3.69. The highest BCUT2D eigenvalue weighted by molar-refractivity contribution is 5.67. The first-order valence-corrected chi connectivity index (χ1v) is 5.34. The SMILES string of the molecule is CCc1cccc(NCC(O)CC(=O)O)c1. The molecule has 4 heteroatoms. The molecule has 1 rings (SSSR count). The van der Waals surface area contributed by atoms with E-state index in [9.17, 15) is 9.90 Å². The number of anilines is 1. The van der Waals surface area contributed by atoms with Crippen LogP contribution in [0.1, 0.15) is 18.9 Å². The van der Waals surface area contributed by atoms with Gasteiger partial charge in [-0.1, -0.05) is 19.1 Å². The van der Waals surface area contributed by atoms with E-state index in [0.717, 1.165) is 12.1 Å². The Bertz CT molecular complexity index is 352. The number of rotatable bonds is 6. The average Bonchev–Trinajstić information content (AvgIpc) is 2.26. The molecule has 88 valence electrons. The molecule has 1 atom stereocenters. The molecule has 0 spiro atoms. The van der Waals surface area contributed by atoms with Gasteiger partial charge in [0.25, 0.3) is 0 Å². The molecule has 16 heavy (non-hydrogen) atoms. The molecule has 0 fully saturated rings. The lowest BCUT2D eigenvalue weighted by Crippen LogP contribution is -2.22. The average molecular weight is 223 g/mol. The summed E-state index contributed by atoms with van der Waals surface area (Å²) in [6.07, 6.45) is -0.143. The van der Waals surface area contributed by atoms with E-state index in [0.29, 0.717) is 0 Å². The van der Waals surface area contributed by atoms with Crippen LogP contribution in [0.15, 0.2) is 24.3 Å². The van der Waals surface area contributed by atoms with Crippen LogP contribution in [0.25, 0.3) is 0 Å². The molecule has 1 aromatic carbocycles. The van der Waals surface area contributed by atoms with Crippen molar-refractivity contribution in [2.45, 2.75) is 25.9 Å². The molecule has 4 nitrogen and oxygen atoms in total. The van der Waals surface area contributed by atoms with Gasteiger partial charge in [-0.25, -0.2) is 0 Å². The molecule has 0 heterocycles. The minimum atomic E-state index is -0.989. The summed E-state index contributed by atoms with van der Waals surface area (Å²) >= 11 is 0. The second-order valence-electron chi connectivity index (χ2n) is 3.69. The molecule has 0 saturated carbocycles. The third-order valence-corrected chi connectivity index (χ3v) is 2.29. The van der Waals surface area contributed by atoms with Gasteiger partial charge in [0.15, 0.2) is 0 Å². The lowest BCUT2D eigenvalue weighted by Gasteiger charge is -2.11. The Morgan fingerprint density at radius 2 is 2.25 bits per heavy atom. The van der Waals surface area contributed by atoms with Crippen molar-refractivity contribution < 1.29 is 15.0 Å². The Balaban J connectivity index is 2.44. The lowest BCUT2D eigenvalue weighted by molar-refractivity contribution is -0.138. The van der Waals surface area contributed by atoms with Crippen molar-refractivity contribution in [2.75, 3.05) is 11.9 Å². The zero-order chi connectivity index (χ0) is 12.0. The van der Waals surface area contributed by atoms with Crippen LogP contribution in [0.5, 0.6) is 0 Å². The monoisotopic (exact) mass is 223 g/mol. The van der Waals surface area contributed by atoms with Crippen molar-refractivity contribution in [3.63, 3.8) is 0 Å². The Labute approximate surface area is 94.9 Å². The summed E-state index contributed by atoms with van der Waals surface area (Å²) in [4.78, 5) is 10.3. The van der Waals surface area contributed by atoms with E-state index >= 15 is 0 Å². The van der Waals surface area contributed by atoms with E-state index in [-0.39, 0.29) is 13.0 Å². The Kier molecular flexibility index (Phi) is 4.79.